The van der Waals surface area contributed by atoms with Gasteiger partial charge in [0, 0.05) is 0 Å². The minimum atomic E-state index is 0.0340. The SMILES string of the molecule is CC(Nc1ccc(C#N)nn1)c1ccc2c(c1)OCO2. The molecular formula is C14H12N4O2. The number of hydrogen-bond acceptors (Lipinski definition) is 6. The number of nitrogens with one attached hydrogen (secondary N) is 1. The third kappa shape index (κ3) is 2.34. The average Bonchev–Trinajstić information content (AvgIpc) is 2.95. The second-order valence-electron chi connectivity index (χ2n) is 4.39. The van der Waals surface area contributed by atoms with Gasteiger partial charge in [-0.15, -0.1) is 10.2 Å². The molecule has 0 aliphatic carbocycles. The molecule has 0 radical (unpaired) electrons. The number of fused-ring (bicyclic) bond motifs is 1. The molecule has 0 saturated carbocycles. The number of benzene rings is 1. The van der Waals surface area contributed by atoms with Crippen molar-refractivity contribution in [2.24, 2.45) is 0 Å². The van der Waals surface area contributed by atoms with Gasteiger partial charge in [-0.2, -0.15) is 5.26 Å². The van der Waals surface area contributed by atoms with Crippen LogP contribution in [0, 0.1) is 11.3 Å². The number of rotatable bonds is 3. The molecule has 0 amide bonds. The fraction of sp³-hybridized carbons (Fsp3) is 0.214. The maximum atomic E-state index is 8.68. The van der Waals surface area contributed by atoms with Crippen LogP contribution in [-0.4, -0.2) is 17.0 Å². The highest BCUT2D eigenvalue weighted by atomic mass is 16.7. The second-order valence-corrected chi connectivity index (χ2v) is 4.39. The number of aromatic nitrogens is 2. The van der Waals surface area contributed by atoms with Crippen LogP contribution in [0.4, 0.5) is 5.82 Å². The smallest absolute Gasteiger partial charge is 0.231 e. The van der Waals surface area contributed by atoms with E-state index in [1.807, 2.05) is 31.2 Å². The van der Waals surface area contributed by atoms with Gasteiger partial charge < -0.3 is 14.8 Å². The Morgan fingerprint density at radius 1 is 1.20 bits per heavy atom. The first-order valence-electron chi connectivity index (χ1n) is 6.16. The van der Waals surface area contributed by atoms with Gasteiger partial charge in [0.15, 0.2) is 17.2 Å². The van der Waals surface area contributed by atoms with Crippen molar-refractivity contribution in [1.82, 2.24) is 10.2 Å². The molecule has 0 bridgehead atoms. The summed E-state index contributed by atoms with van der Waals surface area (Å²) in [6.07, 6.45) is 0. The first kappa shape index (κ1) is 12.2. The van der Waals surface area contributed by atoms with Crippen molar-refractivity contribution < 1.29 is 9.47 Å². The Morgan fingerprint density at radius 3 is 2.80 bits per heavy atom. The molecule has 2 heterocycles. The molecule has 0 saturated heterocycles. The summed E-state index contributed by atoms with van der Waals surface area (Å²) in [5.74, 6) is 2.13. The van der Waals surface area contributed by atoms with Crippen LogP contribution >= 0.6 is 0 Å². The van der Waals surface area contributed by atoms with Gasteiger partial charge in [0.05, 0.1) is 6.04 Å². The van der Waals surface area contributed by atoms with Crippen molar-refractivity contribution in [2.75, 3.05) is 12.1 Å². The fourth-order valence-corrected chi connectivity index (χ4v) is 1.96. The predicted molar refractivity (Wildman–Crippen MR) is 71.3 cm³/mol. The molecule has 0 fully saturated rings. The summed E-state index contributed by atoms with van der Waals surface area (Å²) in [4.78, 5) is 0. The zero-order chi connectivity index (χ0) is 13.9. The number of anilines is 1. The Morgan fingerprint density at radius 2 is 2.05 bits per heavy atom. The molecule has 2 aromatic rings. The molecule has 1 aromatic heterocycles. The molecule has 1 unspecified atom stereocenters. The predicted octanol–water partition coefficient (Wildman–Crippen LogP) is 2.25. The Bertz CT molecular complexity index is 664. The lowest BCUT2D eigenvalue weighted by Gasteiger charge is -2.14. The first-order chi connectivity index (χ1) is 9.76. The summed E-state index contributed by atoms with van der Waals surface area (Å²) in [6.45, 7) is 2.28. The van der Waals surface area contributed by atoms with Gasteiger partial charge in [-0.05, 0) is 36.8 Å². The van der Waals surface area contributed by atoms with E-state index in [4.69, 9.17) is 14.7 Å². The molecule has 20 heavy (non-hydrogen) atoms. The molecule has 1 atom stereocenters. The zero-order valence-electron chi connectivity index (χ0n) is 10.8. The third-order valence-corrected chi connectivity index (χ3v) is 3.04. The van der Waals surface area contributed by atoms with Gasteiger partial charge in [-0.25, -0.2) is 0 Å². The van der Waals surface area contributed by atoms with Crippen LogP contribution < -0.4 is 14.8 Å². The summed E-state index contributed by atoms with van der Waals surface area (Å²) >= 11 is 0. The maximum Gasteiger partial charge on any atom is 0.231 e. The van der Waals surface area contributed by atoms with Crippen LogP contribution in [0.1, 0.15) is 24.2 Å². The Balaban J connectivity index is 1.75. The van der Waals surface area contributed by atoms with Crippen LogP contribution in [0.5, 0.6) is 11.5 Å². The molecule has 1 aliphatic rings. The van der Waals surface area contributed by atoms with Crippen molar-refractivity contribution in [3.05, 3.63) is 41.6 Å². The number of nitriles is 1. The van der Waals surface area contributed by atoms with Crippen LogP contribution in [0.2, 0.25) is 0 Å². The standard InChI is InChI=1S/C14H12N4O2/c1-9(16-14-5-3-11(7-15)17-18-14)10-2-4-12-13(6-10)20-8-19-12/h2-6,9H,8H2,1H3,(H,16,18). The lowest BCUT2D eigenvalue weighted by molar-refractivity contribution is 0.174. The number of ether oxygens (including phenoxy) is 2. The van der Waals surface area contributed by atoms with Crippen molar-refractivity contribution in [1.29, 1.82) is 5.26 Å². The van der Waals surface area contributed by atoms with E-state index in [-0.39, 0.29) is 12.8 Å². The number of hydrogen-bond donors (Lipinski definition) is 1. The van der Waals surface area contributed by atoms with Crippen LogP contribution in [-0.2, 0) is 0 Å². The van der Waals surface area contributed by atoms with E-state index < -0.39 is 0 Å². The Kier molecular flexibility index (Phi) is 3.09. The molecule has 1 aliphatic heterocycles. The van der Waals surface area contributed by atoms with Gasteiger partial charge in [-0.1, -0.05) is 6.07 Å². The van der Waals surface area contributed by atoms with Crippen LogP contribution in [0.15, 0.2) is 30.3 Å². The molecule has 6 heteroatoms. The minimum absolute atomic E-state index is 0.0340. The molecule has 1 N–H and O–H groups in total. The maximum absolute atomic E-state index is 8.68. The summed E-state index contributed by atoms with van der Waals surface area (Å²) in [5, 5.41) is 19.6. The van der Waals surface area contributed by atoms with E-state index in [9.17, 15) is 0 Å². The second kappa shape index (κ2) is 5.05. The van der Waals surface area contributed by atoms with Gasteiger partial charge in [0.25, 0.3) is 0 Å². The topological polar surface area (TPSA) is 80.1 Å². The van der Waals surface area contributed by atoms with E-state index >= 15 is 0 Å². The lowest BCUT2D eigenvalue weighted by Crippen LogP contribution is -2.08. The van der Waals surface area contributed by atoms with Crippen molar-refractivity contribution in [3.63, 3.8) is 0 Å². The quantitative estimate of drug-likeness (QED) is 0.919. The normalized spacial score (nSPS) is 13.6. The Hall–Kier alpha value is -2.81. The number of nitrogens with zero attached hydrogens (tertiary/aromatic N) is 3. The lowest BCUT2D eigenvalue weighted by atomic mass is 10.1. The Labute approximate surface area is 116 Å². The molecule has 0 spiro atoms. The summed E-state index contributed by atoms with van der Waals surface area (Å²) in [5.41, 5.74) is 1.35. The highest BCUT2D eigenvalue weighted by Gasteiger charge is 2.15. The van der Waals surface area contributed by atoms with Gasteiger partial charge in [-0.3, -0.25) is 0 Å². The van der Waals surface area contributed by atoms with E-state index in [0.717, 1.165) is 17.1 Å². The van der Waals surface area contributed by atoms with E-state index in [1.54, 1.807) is 12.1 Å². The molecule has 6 nitrogen and oxygen atoms in total. The van der Waals surface area contributed by atoms with Gasteiger partial charge in [0.2, 0.25) is 6.79 Å². The van der Waals surface area contributed by atoms with E-state index in [1.165, 1.54) is 0 Å². The fourth-order valence-electron chi connectivity index (χ4n) is 1.96. The zero-order valence-corrected chi connectivity index (χ0v) is 10.8. The summed E-state index contributed by atoms with van der Waals surface area (Å²) in [6, 6.07) is 11.1. The summed E-state index contributed by atoms with van der Waals surface area (Å²) in [7, 11) is 0. The van der Waals surface area contributed by atoms with E-state index in [0.29, 0.717) is 11.5 Å². The van der Waals surface area contributed by atoms with E-state index in [2.05, 4.69) is 15.5 Å². The van der Waals surface area contributed by atoms with Crippen molar-refractivity contribution in [2.45, 2.75) is 13.0 Å². The van der Waals surface area contributed by atoms with Crippen LogP contribution in [0.25, 0.3) is 0 Å². The molecular weight excluding hydrogens is 256 g/mol. The summed E-state index contributed by atoms with van der Waals surface area (Å²) < 4.78 is 10.6. The van der Waals surface area contributed by atoms with Gasteiger partial charge >= 0.3 is 0 Å². The van der Waals surface area contributed by atoms with Crippen molar-refractivity contribution >= 4 is 5.82 Å². The molecule has 100 valence electrons. The third-order valence-electron chi connectivity index (χ3n) is 3.04. The molecule has 1 aromatic carbocycles. The molecule has 3 rings (SSSR count). The largest absolute Gasteiger partial charge is 0.454 e. The van der Waals surface area contributed by atoms with Crippen LogP contribution in [0.3, 0.4) is 0 Å². The monoisotopic (exact) mass is 268 g/mol. The average molecular weight is 268 g/mol. The van der Waals surface area contributed by atoms with Gasteiger partial charge in [0.1, 0.15) is 11.9 Å². The first-order valence-corrected chi connectivity index (χ1v) is 6.16. The highest BCUT2D eigenvalue weighted by molar-refractivity contribution is 5.47. The minimum Gasteiger partial charge on any atom is -0.454 e. The highest BCUT2D eigenvalue weighted by Crippen LogP contribution is 2.34. The van der Waals surface area contributed by atoms with Crippen molar-refractivity contribution in [3.8, 4) is 17.6 Å².